The van der Waals surface area contributed by atoms with E-state index in [-0.39, 0.29) is 28.1 Å². The van der Waals surface area contributed by atoms with Crippen LogP contribution in [-0.4, -0.2) is 33.3 Å². The third kappa shape index (κ3) is 7.74. The zero-order chi connectivity index (χ0) is 17.2. The molecule has 0 aliphatic rings. The number of nitrogens with one attached hydrogen (secondary N) is 1. The fourth-order valence-electron chi connectivity index (χ4n) is 1.38. The lowest BCUT2D eigenvalue weighted by Gasteiger charge is -2.01. The van der Waals surface area contributed by atoms with Crippen molar-refractivity contribution in [3.8, 4) is 5.75 Å². The summed E-state index contributed by atoms with van der Waals surface area (Å²) >= 11 is 20.5. The number of thiol groups is 1. The first-order valence-corrected chi connectivity index (χ1v) is 8.16. The van der Waals surface area contributed by atoms with Crippen LogP contribution in [0.15, 0.2) is 30.7 Å². The highest BCUT2D eigenvalue weighted by molar-refractivity contribution is 7.80. The zero-order valence-electron chi connectivity index (χ0n) is 11.8. The Bertz CT molecular complexity index is 621. The molecule has 9 heteroatoms. The van der Waals surface area contributed by atoms with Crippen molar-refractivity contribution < 1.29 is 9.90 Å². The van der Waals surface area contributed by atoms with Crippen LogP contribution >= 0.6 is 47.4 Å². The Morgan fingerprint density at radius 3 is 2.39 bits per heavy atom. The molecule has 0 saturated heterocycles. The van der Waals surface area contributed by atoms with Crippen LogP contribution in [0, 0.1) is 0 Å². The number of phenolic OH excluding ortho intramolecular Hbond substituents is 1. The van der Waals surface area contributed by atoms with E-state index in [1.54, 1.807) is 18.6 Å². The van der Waals surface area contributed by atoms with Crippen LogP contribution < -0.4 is 5.32 Å². The van der Waals surface area contributed by atoms with Crippen molar-refractivity contribution in [2.24, 2.45) is 0 Å². The number of hydrogen-bond acceptors (Lipinski definition) is 5. The quantitative estimate of drug-likeness (QED) is 0.695. The number of aromatic hydroxyl groups is 1. The van der Waals surface area contributed by atoms with E-state index in [9.17, 15) is 4.79 Å². The number of nitrogens with zero attached hydrogens (tertiary/aromatic N) is 2. The van der Waals surface area contributed by atoms with Gasteiger partial charge in [-0.2, -0.15) is 12.6 Å². The maximum Gasteiger partial charge on any atom is 0.226 e. The van der Waals surface area contributed by atoms with Crippen molar-refractivity contribution >= 4 is 53.3 Å². The maximum absolute atomic E-state index is 11.2. The molecular weight excluding hydrogens is 381 g/mol. The van der Waals surface area contributed by atoms with Crippen molar-refractivity contribution in [2.75, 3.05) is 12.3 Å². The molecule has 23 heavy (non-hydrogen) atoms. The van der Waals surface area contributed by atoms with Crippen LogP contribution in [0.4, 0.5) is 0 Å². The third-order valence-electron chi connectivity index (χ3n) is 2.37. The van der Waals surface area contributed by atoms with Crippen LogP contribution in [0.3, 0.4) is 0 Å². The van der Waals surface area contributed by atoms with Crippen molar-refractivity contribution in [1.29, 1.82) is 0 Å². The third-order valence-corrected chi connectivity index (χ3v) is 3.39. The summed E-state index contributed by atoms with van der Waals surface area (Å²) in [7, 11) is 0. The van der Waals surface area contributed by atoms with Gasteiger partial charge in [0.05, 0.1) is 22.2 Å². The van der Waals surface area contributed by atoms with E-state index >= 15 is 0 Å². The van der Waals surface area contributed by atoms with Crippen LogP contribution in [0.5, 0.6) is 5.75 Å². The number of carbonyl (C=O) groups is 1. The van der Waals surface area contributed by atoms with Crippen molar-refractivity contribution in [2.45, 2.75) is 6.42 Å². The second-order valence-electron chi connectivity index (χ2n) is 4.17. The highest BCUT2D eigenvalue weighted by atomic mass is 35.5. The first-order chi connectivity index (χ1) is 10.9. The van der Waals surface area contributed by atoms with E-state index in [2.05, 4.69) is 27.9 Å². The molecule has 1 aromatic heterocycles. The first-order valence-electron chi connectivity index (χ1n) is 6.40. The van der Waals surface area contributed by atoms with Gasteiger partial charge in [-0.1, -0.05) is 34.8 Å². The predicted molar refractivity (Wildman–Crippen MR) is 95.7 cm³/mol. The van der Waals surface area contributed by atoms with Crippen molar-refractivity contribution in [3.05, 3.63) is 51.5 Å². The summed E-state index contributed by atoms with van der Waals surface area (Å²) in [5.41, 5.74) is 0.680. The minimum absolute atomic E-state index is 0.0467. The molecule has 0 atom stereocenters. The fraction of sp³-hybridized carbons (Fsp3) is 0.214. The van der Waals surface area contributed by atoms with Crippen LogP contribution in [0.1, 0.15) is 5.69 Å². The normalized spacial score (nSPS) is 9.74. The Morgan fingerprint density at radius 2 is 1.87 bits per heavy atom. The molecule has 124 valence electrons. The molecule has 2 rings (SSSR count). The van der Waals surface area contributed by atoms with Gasteiger partial charge in [-0.25, -0.2) is 0 Å². The van der Waals surface area contributed by atoms with Gasteiger partial charge in [-0.05, 0) is 12.1 Å². The van der Waals surface area contributed by atoms with E-state index in [1.807, 2.05) is 0 Å². The Balaban J connectivity index is 0.000000238. The lowest BCUT2D eigenvalue weighted by molar-refractivity contribution is -0.120. The monoisotopic (exact) mass is 393 g/mol. The number of aromatic nitrogens is 2. The van der Waals surface area contributed by atoms with Gasteiger partial charge < -0.3 is 10.4 Å². The molecule has 0 aliphatic heterocycles. The summed E-state index contributed by atoms with van der Waals surface area (Å²) in [6, 6.07) is 2.84. The lowest BCUT2D eigenvalue weighted by atomic mass is 10.3. The fourth-order valence-corrected chi connectivity index (χ4v) is 2.31. The Hall–Kier alpha value is -1.21. The highest BCUT2D eigenvalue weighted by Crippen LogP contribution is 2.34. The Kier molecular flexibility index (Phi) is 9.09. The number of rotatable bonds is 4. The zero-order valence-corrected chi connectivity index (χ0v) is 15.0. The summed E-state index contributed by atoms with van der Waals surface area (Å²) in [4.78, 5) is 19.0. The number of amides is 1. The molecular formula is C14H14Cl3N3O2S. The Labute approximate surface area is 154 Å². The number of benzene rings is 1. The largest absolute Gasteiger partial charge is 0.505 e. The van der Waals surface area contributed by atoms with Gasteiger partial charge in [-0.15, -0.1) is 0 Å². The van der Waals surface area contributed by atoms with Gasteiger partial charge in [0.15, 0.2) is 5.75 Å². The molecule has 0 fully saturated rings. The maximum atomic E-state index is 11.2. The predicted octanol–water partition coefficient (Wildman–Crippen LogP) is 3.42. The number of halogens is 3. The molecule has 2 N–H and O–H groups in total. The van der Waals surface area contributed by atoms with E-state index < -0.39 is 0 Å². The summed E-state index contributed by atoms with van der Waals surface area (Å²) in [5.74, 6) is 0.467. The van der Waals surface area contributed by atoms with Crippen molar-refractivity contribution in [1.82, 2.24) is 15.3 Å². The van der Waals surface area contributed by atoms with Crippen molar-refractivity contribution in [3.63, 3.8) is 0 Å². The SMILES string of the molecule is O=C(Cc1cnccn1)NCCS.Oc1c(Cl)cc(Cl)cc1Cl. The van der Waals surface area contributed by atoms with Gasteiger partial charge in [0, 0.05) is 35.9 Å². The van der Waals surface area contributed by atoms with E-state index in [0.29, 0.717) is 23.0 Å². The molecule has 1 heterocycles. The van der Waals surface area contributed by atoms with Gasteiger partial charge in [0.1, 0.15) is 0 Å². The van der Waals surface area contributed by atoms with Gasteiger partial charge >= 0.3 is 0 Å². The molecule has 5 nitrogen and oxygen atoms in total. The minimum Gasteiger partial charge on any atom is -0.505 e. The molecule has 0 radical (unpaired) electrons. The minimum atomic E-state index is -0.132. The molecule has 0 bridgehead atoms. The number of hydrogen-bond donors (Lipinski definition) is 3. The molecule has 0 saturated carbocycles. The molecule has 0 spiro atoms. The highest BCUT2D eigenvalue weighted by Gasteiger charge is 2.04. The summed E-state index contributed by atoms with van der Waals surface area (Å²) in [6.45, 7) is 0.586. The average molecular weight is 395 g/mol. The smallest absolute Gasteiger partial charge is 0.226 e. The number of carbonyl (C=O) groups excluding carboxylic acids is 1. The standard InChI is InChI=1S/C8H11N3OS.C6H3Cl3O/c12-8(11-3-4-13)5-7-6-9-1-2-10-7;7-3-1-4(8)6(10)5(9)2-3/h1-2,6,13H,3-5H2,(H,11,12);1-2,10H. The first kappa shape index (κ1) is 19.8. The number of phenols is 1. The van der Waals surface area contributed by atoms with Crippen LogP contribution in [0.25, 0.3) is 0 Å². The van der Waals surface area contributed by atoms with Crippen LogP contribution in [-0.2, 0) is 11.2 Å². The molecule has 1 amide bonds. The second kappa shape index (κ2) is 10.5. The topological polar surface area (TPSA) is 75.1 Å². The van der Waals surface area contributed by atoms with Gasteiger partial charge in [0.25, 0.3) is 0 Å². The Morgan fingerprint density at radius 1 is 1.22 bits per heavy atom. The molecule has 0 unspecified atom stereocenters. The average Bonchev–Trinajstić information content (AvgIpc) is 2.52. The van der Waals surface area contributed by atoms with Gasteiger partial charge in [0.2, 0.25) is 5.91 Å². The second-order valence-corrected chi connectivity index (χ2v) is 5.86. The van der Waals surface area contributed by atoms with E-state index in [0.717, 1.165) is 0 Å². The molecule has 0 aliphatic carbocycles. The lowest BCUT2D eigenvalue weighted by Crippen LogP contribution is -2.27. The van der Waals surface area contributed by atoms with Gasteiger partial charge in [-0.3, -0.25) is 14.8 Å². The van der Waals surface area contributed by atoms with E-state index in [1.165, 1.54) is 12.1 Å². The molecule has 1 aromatic carbocycles. The molecule has 2 aromatic rings. The summed E-state index contributed by atoms with van der Waals surface area (Å²) in [6.07, 6.45) is 5.01. The van der Waals surface area contributed by atoms with Crippen LogP contribution in [0.2, 0.25) is 15.1 Å². The summed E-state index contributed by atoms with van der Waals surface area (Å²) < 4.78 is 0. The van der Waals surface area contributed by atoms with E-state index in [4.69, 9.17) is 39.9 Å². The summed E-state index contributed by atoms with van der Waals surface area (Å²) in [5, 5.41) is 12.4.